The number of fused-ring (bicyclic) bond motifs is 5. The number of ether oxygens (including phenoxy) is 1. The van der Waals surface area contributed by atoms with E-state index in [1.807, 2.05) is 30.2 Å². The maximum Gasteiger partial charge on any atom is 0.256 e. The minimum Gasteiger partial charge on any atom is -0.493 e. The lowest BCUT2D eigenvalue weighted by atomic mass is 10.1. The molecule has 5 nitrogen and oxygen atoms in total. The summed E-state index contributed by atoms with van der Waals surface area (Å²) in [6, 6.07) is 21.6. The van der Waals surface area contributed by atoms with Crippen LogP contribution in [0, 0.1) is 6.92 Å². The lowest BCUT2D eigenvalue weighted by molar-refractivity contribution is 0.0774. The first-order chi connectivity index (χ1) is 19.2. The molecule has 0 spiro atoms. The van der Waals surface area contributed by atoms with Crippen molar-refractivity contribution in [2.75, 3.05) is 13.2 Å². The third kappa shape index (κ3) is 5.32. The number of hydrogen-bond acceptors (Lipinski definition) is 3. The molecule has 0 unspecified atom stereocenters. The maximum atomic E-state index is 13.0. The van der Waals surface area contributed by atoms with Crippen LogP contribution in [0.25, 0.3) is 21.8 Å². The van der Waals surface area contributed by atoms with Gasteiger partial charge < -0.3 is 14.2 Å². The fraction of sp³-hybridized carbons (Fsp3) is 0.412. The van der Waals surface area contributed by atoms with Crippen LogP contribution >= 0.6 is 0 Å². The molecule has 1 aromatic heterocycles. The Kier molecular flexibility index (Phi) is 7.67. The molecule has 202 valence electrons. The molecule has 39 heavy (non-hydrogen) atoms. The monoisotopic (exact) mass is 521 g/mol. The van der Waals surface area contributed by atoms with Crippen LogP contribution in [-0.2, 0) is 6.54 Å². The molecular weight excluding hydrogens is 482 g/mol. The molecule has 5 heteroatoms. The number of benzene rings is 3. The second kappa shape index (κ2) is 11.6. The summed E-state index contributed by atoms with van der Waals surface area (Å²) < 4.78 is 8.63. The Morgan fingerprint density at radius 3 is 2.28 bits per heavy atom. The molecule has 0 saturated carbocycles. The number of aryl methyl sites for hydroxylation is 2. The number of hydrogen-bond donors (Lipinski definition) is 0. The van der Waals surface area contributed by atoms with Crippen LogP contribution in [-0.4, -0.2) is 40.8 Å². The van der Waals surface area contributed by atoms with E-state index in [9.17, 15) is 4.79 Å². The zero-order valence-corrected chi connectivity index (χ0v) is 23.1. The summed E-state index contributed by atoms with van der Waals surface area (Å²) in [6.07, 6.45) is 12.5. The van der Waals surface area contributed by atoms with Crippen LogP contribution in [0.5, 0.6) is 5.75 Å². The molecule has 3 heterocycles. The molecule has 0 N–H and O–H groups in total. The number of carbonyl (C=O) groups is 1. The SMILES string of the molecule is Cc1cc2c(cc1OCCCCCCCCCn1c3ccccc3c3ccccc31)N=C[C@@H]1CCCN1C2=O. The topological polar surface area (TPSA) is 46.8 Å². The molecule has 1 atom stereocenters. The second-order valence-corrected chi connectivity index (χ2v) is 11.1. The maximum absolute atomic E-state index is 13.0. The smallest absolute Gasteiger partial charge is 0.256 e. The summed E-state index contributed by atoms with van der Waals surface area (Å²) in [5.41, 5.74) is 5.16. The molecule has 1 amide bonds. The Morgan fingerprint density at radius 1 is 0.872 bits per heavy atom. The first kappa shape index (κ1) is 25.7. The first-order valence-electron chi connectivity index (χ1n) is 14.8. The lowest BCUT2D eigenvalue weighted by Gasteiger charge is -2.20. The van der Waals surface area contributed by atoms with E-state index in [0.29, 0.717) is 12.2 Å². The molecule has 0 bridgehead atoms. The summed E-state index contributed by atoms with van der Waals surface area (Å²) in [4.78, 5) is 19.6. The van der Waals surface area contributed by atoms with E-state index in [0.717, 1.165) is 49.4 Å². The molecule has 0 radical (unpaired) electrons. The number of nitrogens with zero attached hydrogens (tertiary/aromatic N) is 3. The van der Waals surface area contributed by atoms with Gasteiger partial charge in [0.2, 0.25) is 0 Å². The lowest BCUT2D eigenvalue weighted by Crippen LogP contribution is -2.35. The summed E-state index contributed by atoms with van der Waals surface area (Å²) in [5, 5.41) is 2.72. The second-order valence-electron chi connectivity index (χ2n) is 11.1. The Bertz CT molecular complexity index is 1450. The van der Waals surface area contributed by atoms with E-state index in [1.165, 1.54) is 60.3 Å². The van der Waals surface area contributed by atoms with Crippen molar-refractivity contribution in [1.29, 1.82) is 0 Å². The minimum absolute atomic E-state index is 0.106. The molecule has 1 saturated heterocycles. The molecular formula is C34H39N3O2. The van der Waals surface area contributed by atoms with Gasteiger partial charge in [-0.3, -0.25) is 9.79 Å². The average molecular weight is 522 g/mol. The highest BCUT2D eigenvalue weighted by Gasteiger charge is 2.32. The zero-order chi connectivity index (χ0) is 26.6. The van der Waals surface area contributed by atoms with Crippen molar-refractivity contribution in [2.45, 2.75) is 77.3 Å². The number of amides is 1. The van der Waals surface area contributed by atoms with Gasteiger partial charge >= 0.3 is 0 Å². The largest absolute Gasteiger partial charge is 0.493 e. The highest BCUT2D eigenvalue weighted by atomic mass is 16.5. The van der Waals surface area contributed by atoms with Gasteiger partial charge in [-0.15, -0.1) is 0 Å². The van der Waals surface area contributed by atoms with E-state index < -0.39 is 0 Å². The van der Waals surface area contributed by atoms with Gasteiger partial charge in [0.25, 0.3) is 5.91 Å². The molecule has 6 rings (SSSR count). The normalized spacial score (nSPS) is 16.6. The Morgan fingerprint density at radius 2 is 1.54 bits per heavy atom. The standard InChI is InChI=1S/C34H39N3O2/c1-25-22-29-30(35-24-26-14-13-20-36(26)34(29)38)23-33(25)39-21-12-6-4-2-3-5-11-19-37-31-17-9-7-15-27(31)28-16-8-10-18-32(28)37/h7-10,15-18,22-24,26H,2-6,11-14,19-21H2,1H3/t26-/m0/s1. The number of rotatable bonds is 11. The van der Waals surface area contributed by atoms with E-state index in [-0.39, 0.29) is 11.9 Å². The zero-order valence-electron chi connectivity index (χ0n) is 23.1. The molecule has 2 aliphatic rings. The van der Waals surface area contributed by atoms with Crippen LogP contribution in [0.15, 0.2) is 65.7 Å². The third-order valence-electron chi connectivity index (χ3n) is 8.43. The Hall–Kier alpha value is -3.60. The van der Waals surface area contributed by atoms with Crippen molar-refractivity contribution in [1.82, 2.24) is 9.47 Å². The van der Waals surface area contributed by atoms with Crippen molar-refractivity contribution >= 4 is 39.6 Å². The summed E-state index contributed by atoms with van der Waals surface area (Å²) in [7, 11) is 0. The summed E-state index contributed by atoms with van der Waals surface area (Å²) in [6.45, 7) is 4.64. The van der Waals surface area contributed by atoms with Crippen LogP contribution < -0.4 is 4.74 Å². The highest BCUT2D eigenvalue weighted by molar-refractivity contribution is 6.08. The van der Waals surface area contributed by atoms with E-state index >= 15 is 0 Å². The van der Waals surface area contributed by atoms with Crippen LogP contribution in [0.1, 0.15) is 73.7 Å². The van der Waals surface area contributed by atoms with E-state index in [4.69, 9.17) is 4.74 Å². The van der Waals surface area contributed by atoms with Crippen molar-refractivity contribution in [3.05, 3.63) is 71.8 Å². The first-order valence-corrected chi connectivity index (χ1v) is 14.8. The van der Waals surface area contributed by atoms with Crippen molar-refractivity contribution in [3.8, 4) is 5.75 Å². The van der Waals surface area contributed by atoms with Gasteiger partial charge in [-0.25, -0.2) is 0 Å². The van der Waals surface area contributed by atoms with Gasteiger partial charge in [-0.1, -0.05) is 68.5 Å². The summed E-state index contributed by atoms with van der Waals surface area (Å²) in [5.74, 6) is 0.959. The summed E-state index contributed by atoms with van der Waals surface area (Å²) >= 11 is 0. The fourth-order valence-corrected chi connectivity index (χ4v) is 6.31. The molecule has 4 aromatic rings. The number of aromatic nitrogens is 1. The minimum atomic E-state index is 0.106. The highest BCUT2D eigenvalue weighted by Crippen LogP contribution is 2.34. The van der Waals surface area contributed by atoms with Crippen molar-refractivity contribution in [3.63, 3.8) is 0 Å². The van der Waals surface area contributed by atoms with Crippen LogP contribution in [0.2, 0.25) is 0 Å². The number of carbonyl (C=O) groups excluding carboxylic acids is 1. The predicted molar refractivity (Wildman–Crippen MR) is 161 cm³/mol. The van der Waals surface area contributed by atoms with Gasteiger partial charge in [0.05, 0.1) is 23.9 Å². The van der Waals surface area contributed by atoms with Crippen LogP contribution in [0.3, 0.4) is 0 Å². The van der Waals surface area contributed by atoms with E-state index in [1.54, 1.807) is 0 Å². The quantitative estimate of drug-likeness (QED) is 0.187. The molecule has 3 aromatic carbocycles. The Labute approximate surface area is 231 Å². The van der Waals surface area contributed by atoms with Crippen molar-refractivity contribution < 1.29 is 9.53 Å². The average Bonchev–Trinajstić information content (AvgIpc) is 3.53. The Balaban J connectivity index is 0.914. The predicted octanol–water partition coefficient (Wildman–Crippen LogP) is 8.23. The molecule has 2 aliphatic heterocycles. The molecule has 1 fully saturated rings. The van der Waals surface area contributed by atoms with Crippen molar-refractivity contribution in [2.24, 2.45) is 4.99 Å². The van der Waals surface area contributed by atoms with Gasteiger partial charge in [0.15, 0.2) is 0 Å². The van der Waals surface area contributed by atoms with Gasteiger partial charge in [-0.2, -0.15) is 0 Å². The molecule has 0 aliphatic carbocycles. The van der Waals surface area contributed by atoms with Gasteiger partial charge in [-0.05, 0) is 56.4 Å². The number of aliphatic imine (C=N–C) groups is 1. The van der Waals surface area contributed by atoms with E-state index in [2.05, 4.69) is 58.1 Å². The number of unbranched alkanes of at least 4 members (excludes halogenated alkanes) is 6. The number of para-hydroxylation sites is 2. The third-order valence-corrected chi connectivity index (χ3v) is 8.43. The van der Waals surface area contributed by atoms with Gasteiger partial charge in [0, 0.05) is 47.2 Å². The fourth-order valence-electron chi connectivity index (χ4n) is 6.31. The van der Waals surface area contributed by atoms with Gasteiger partial charge in [0.1, 0.15) is 5.75 Å². The van der Waals surface area contributed by atoms with Crippen LogP contribution in [0.4, 0.5) is 5.69 Å².